The number of ether oxygens (including phenoxy) is 1. The van der Waals surface area contributed by atoms with Crippen molar-refractivity contribution in [2.24, 2.45) is 0 Å². The van der Waals surface area contributed by atoms with Crippen molar-refractivity contribution in [3.8, 4) is 0 Å². The molecule has 0 heterocycles. The molecule has 0 radical (unpaired) electrons. The molecule has 0 aliphatic carbocycles. The Morgan fingerprint density at radius 2 is 1.81 bits per heavy atom. The van der Waals surface area contributed by atoms with Gasteiger partial charge < -0.3 is 15.0 Å². The van der Waals surface area contributed by atoms with Crippen LogP contribution >= 0.6 is 0 Å². The third-order valence-electron chi connectivity index (χ3n) is 3.58. The fraction of sp³-hybridized carbons (Fsp3) is 0.222. The van der Waals surface area contributed by atoms with E-state index < -0.39 is 22.9 Å². The van der Waals surface area contributed by atoms with Gasteiger partial charge in [0.25, 0.3) is 11.6 Å². The van der Waals surface area contributed by atoms with Crippen molar-refractivity contribution >= 4 is 28.9 Å². The van der Waals surface area contributed by atoms with E-state index in [9.17, 15) is 19.7 Å². The standard InChI is InChI=1S/C18H19N3O5/c1-12(17(22)19-14-7-5-4-6-8-14)26-18(23)13-9-10-15(20(2)3)16(11-13)21(24)25/h4-12H,1-3H3,(H,19,22)/t12-/m0/s1. The number of nitro benzene ring substituents is 1. The highest BCUT2D eigenvalue weighted by atomic mass is 16.6. The number of carbonyl (C=O) groups excluding carboxylic acids is 2. The molecule has 8 heteroatoms. The van der Waals surface area contributed by atoms with Crippen LogP contribution < -0.4 is 10.2 Å². The Kier molecular flexibility index (Phi) is 5.90. The second kappa shape index (κ2) is 8.11. The van der Waals surface area contributed by atoms with Gasteiger partial charge in [0.05, 0.1) is 10.5 Å². The summed E-state index contributed by atoms with van der Waals surface area (Å²) >= 11 is 0. The molecule has 0 aliphatic rings. The number of rotatable bonds is 6. The molecule has 0 fully saturated rings. The second-order valence-electron chi connectivity index (χ2n) is 5.76. The van der Waals surface area contributed by atoms with Gasteiger partial charge in [0, 0.05) is 25.8 Å². The molecular weight excluding hydrogens is 338 g/mol. The number of nitrogens with zero attached hydrogens (tertiary/aromatic N) is 2. The van der Waals surface area contributed by atoms with Crippen LogP contribution in [0.1, 0.15) is 17.3 Å². The molecule has 1 amide bonds. The van der Waals surface area contributed by atoms with Gasteiger partial charge in [-0.15, -0.1) is 0 Å². The van der Waals surface area contributed by atoms with Crippen LogP contribution in [0.25, 0.3) is 0 Å². The van der Waals surface area contributed by atoms with Gasteiger partial charge in [-0.1, -0.05) is 18.2 Å². The number of hydrogen-bond donors (Lipinski definition) is 1. The minimum Gasteiger partial charge on any atom is -0.449 e. The molecule has 0 unspecified atom stereocenters. The fourth-order valence-electron chi connectivity index (χ4n) is 2.22. The monoisotopic (exact) mass is 357 g/mol. The van der Waals surface area contributed by atoms with Gasteiger partial charge in [-0.3, -0.25) is 14.9 Å². The Labute approximate surface area is 150 Å². The van der Waals surface area contributed by atoms with Gasteiger partial charge in [0.1, 0.15) is 5.69 Å². The lowest BCUT2D eigenvalue weighted by atomic mass is 10.1. The lowest BCUT2D eigenvalue weighted by Crippen LogP contribution is -2.30. The maximum absolute atomic E-state index is 12.2. The van der Waals surface area contributed by atoms with Gasteiger partial charge in [-0.25, -0.2) is 4.79 Å². The first-order chi connectivity index (χ1) is 12.3. The van der Waals surface area contributed by atoms with Gasteiger partial charge in [0.15, 0.2) is 6.10 Å². The number of hydrogen-bond acceptors (Lipinski definition) is 6. The van der Waals surface area contributed by atoms with Crippen LogP contribution in [0.3, 0.4) is 0 Å². The van der Waals surface area contributed by atoms with Crippen molar-refractivity contribution in [1.82, 2.24) is 0 Å². The number of esters is 1. The van der Waals surface area contributed by atoms with Crippen molar-refractivity contribution < 1.29 is 19.2 Å². The molecule has 2 aromatic carbocycles. The summed E-state index contributed by atoms with van der Waals surface area (Å²) in [5, 5.41) is 13.8. The summed E-state index contributed by atoms with van der Waals surface area (Å²) < 4.78 is 5.12. The van der Waals surface area contributed by atoms with Crippen molar-refractivity contribution in [2.75, 3.05) is 24.3 Å². The highest BCUT2D eigenvalue weighted by Crippen LogP contribution is 2.28. The van der Waals surface area contributed by atoms with Crippen molar-refractivity contribution in [3.05, 3.63) is 64.2 Å². The molecule has 8 nitrogen and oxygen atoms in total. The zero-order valence-corrected chi connectivity index (χ0v) is 14.6. The van der Waals surface area contributed by atoms with Crippen LogP contribution in [-0.2, 0) is 9.53 Å². The Hall–Kier alpha value is -3.42. The normalized spacial score (nSPS) is 11.3. The Bertz CT molecular complexity index is 821. The predicted molar refractivity (Wildman–Crippen MR) is 97.4 cm³/mol. The van der Waals surface area contributed by atoms with E-state index in [1.54, 1.807) is 43.3 Å². The summed E-state index contributed by atoms with van der Waals surface area (Å²) in [4.78, 5) is 36.5. The van der Waals surface area contributed by atoms with E-state index in [-0.39, 0.29) is 11.3 Å². The van der Waals surface area contributed by atoms with Crippen LogP contribution in [0.5, 0.6) is 0 Å². The van der Waals surface area contributed by atoms with Crippen molar-refractivity contribution in [3.63, 3.8) is 0 Å². The molecule has 1 atom stereocenters. The van der Waals surface area contributed by atoms with Gasteiger partial charge in [-0.2, -0.15) is 0 Å². The smallest absolute Gasteiger partial charge is 0.339 e. The highest BCUT2D eigenvalue weighted by Gasteiger charge is 2.23. The van der Waals surface area contributed by atoms with Crippen LogP contribution in [0, 0.1) is 10.1 Å². The quantitative estimate of drug-likeness (QED) is 0.484. The van der Waals surface area contributed by atoms with Crippen molar-refractivity contribution in [2.45, 2.75) is 13.0 Å². The van der Waals surface area contributed by atoms with Gasteiger partial charge in [-0.05, 0) is 31.2 Å². The third kappa shape index (κ3) is 4.56. The maximum atomic E-state index is 12.2. The first-order valence-corrected chi connectivity index (χ1v) is 7.82. The van der Waals surface area contributed by atoms with Crippen molar-refractivity contribution in [1.29, 1.82) is 0 Å². The summed E-state index contributed by atoms with van der Waals surface area (Å²) in [5.74, 6) is -1.31. The van der Waals surface area contributed by atoms with E-state index in [2.05, 4.69) is 5.32 Å². The third-order valence-corrected chi connectivity index (χ3v) is 3.58. The molecule has 0 aliphatic heterocycles. The Balaban J connectivity index is 2.10. The largest absolute Gasteiger partial charge is 0.449 e. The van der Waals surface area contributed by atoms with Crippen LogP contribution in [0.4, 0.5) is 17.1 Å². The number of para-hydroxylation sites is 1. The number of nitro groups is 1. The Morgan fingerprint density at radius 3 is 2.38 bits per heavy atom. The molecule has 0 saturated carbocycles. The fourth-order valence-corrected chi connectivity index (χ4v) is 2.22. The predicted octanol–water partition coefficient (Wildman–Crippen LogP) is 2.84. The zero-order chi connectivity index (χ0) is 19.3. The molecule has 1 N–H and O–H groups in total. The van der Waals surface area contributed by atoms with E-state index in [1.165, 1.54) is 19.1 Å². The van der Waals surface area contributed by atoms with E-state index in [4.69, 9.17) is 4.74 Å². The summed E-state index contributed by atoms with van der Waals surface area (Å²) in [6, 6.07) is 12.8. The first kappa shape index (κ1) is 18.9. The molecule has 2 aromatic rings. The number of nitrogens with one attached hydrogen (secondary N) is 1. The summed E-state index contributed by atoms with van der Waals surface area (Å²) in [7, 11) is 3.33. The second-order valence-corrected chi connectivity index (χ2v) is 5.76. The molecule has 0 saturated heterocycles. The first-order valence-electron chi connectivity index (χ1n) is 7.82. The summed E-state index contributed by atoms with van der Waals surface area (Å²) in [5.41, 5.74) is 0.722. The average molecular weight is 357 g/mol. The van der Waals surface area contributed by atoms with E-state index >= 15 is 0 Å². The molecule has 0 bridgehead atoms. The maximum Gasteiger partial charge on any atom is 0.339 e. The molecule has 136 valence electrons. The van der Waals surface area contributed by atoms with E-state index in [0.717, 1.165) is 6.07 Å². The van der Waals surface area contributed by atoms with Gasteiger partial charge in [0.2, 0.25) is 0 Å². The SMILES string of the molecule is C[C@H](OC(=O)c1ccc(N(C)C)c([N+](=O)[O-])c1)C(=O)Nc1ccccc1. The number of carbonyl (C=O) groups is 2. The minimum atomic E-state index is -1.06. The van der Waals surface area contributed by atoms with Crippen LogP contribution in [-0.4, -0.2) is 37.0 Å². The number of benzene rings is 2. The number of anilines is 2. The Morgan fingerprint density at radius 1 is 1.15 bits per heavy atom. The average Bonchev–Trinajstić information content (AvgIpc) is 2.61. The van der Waals surface area contributed by atoms with E-state index in [0.29, 0.717) is 11.4 Å². The van der Waals surface area contributed by atoms with Gasteiger partial charge >= 0.3 is 5.97 Å². The van der Waals surface area contributed by atoms with Crippen LogP contribution in [0.2, 0.25) is 0 Å². The summed E-state index contributed by atoms with van der Waals surface area (Å²) in [6.07, 6.45) is -1.06. The van der Waals surface area contributed by atoms with Crippen LogP contribution in [0.15, 0.2) is 48.5 Å². The molecule has 26 heavy (non-hydrogen) atoms. The summed E-state index contributed by atoms with van der Waals surface area (Å²) in [6.45, 7) is 1.43. The molecule has 0 spiro atoms. The molecular formula is C18H19N3O5. The molecule has 0 aromatic heterocycles. The van der Waals surface area contributed by atoms with E-state index in [1.807, 2.05) is 6.07 Å². The minimum absolute atomic E-state index is 0.00154. The molecule has 2 rings (SSSR count). The number of amides is 1. The lowest BCUT2D eigenvalue weighted by molar-refractivity contribution is -0.384. The lowest BCUT2D eigenvalue weighted by Gasteiger charge is -2.15. The highest BCUT2D eigenvalue weighted by molar-refractivity contribution is 5.97. The topological polar surface area (TPSA) is 102 Å². The zero-order valence-electron chi connectivity index (χ0n) is 14.6.